The van der Waals surface area contributed by atoms with E-state index in [1.165, 1.54) is 17.8 Å². The molecule has 7 nitrogen and oxygen atoms in total. The van der Waals surface area contributed by atoms with Crippen molar-refractivity contribution in [3.63, 3.8) is 0 Å². The van der Waals surface area contributed by atoms with Crippen molar-refractivity contribution < 1.29 is 18.0 Å². The van der Waals surface area contributed by atoms with Gasteiger partial charge in [0.25, 0.3) is 0 Å². The fraction of sp³-hybridized carbons (Fsp3) is 0.385. The maximum Gasteiger partial charge on any atom is 0.433 e. The molecule has 0 fully saturated rings. The predicted molar refractivity (Wildman–Crippen MR) is 75.7 cm³/mol. The second-order valence-corrected chi connectivity index (χ2v) is 4.84. The molecule has 2 aromatic heterocycles. The van der Waals surface area contributed by atoms with E-state index >= 15 is 0 Å². The molecule has 0 saturated carbocycles. The molecule has 10 heteroatoms. The van der Waals surface area contributed by atoms with Gasteiger partial charge in [-0.15, -0.1) is 0 Å². The number of amides is 2. The molecule has 124 valence electrons. The zero-order chi connectivity index (χ0) is 17.0. The van der Waals surface area contributed by atoms with E-state index in [-0.39, 0.29) is 24.5 Å². The summed E-state index contributed by atoms with van der Waals surface area (Å²) in [6, 6.07) is 0.396. The van der Waals surface area contributed by atoms with Gasteiger partial charge in [0.05, 0.1) is 11.9 Å². The van der Waals surface area contributed by atoms with Gasteiger partial charge in [0.2, 0.25) is 0 Å². The second kappa shape index (κ2) is 6.63. The van der Waals surface area contributed by atoms with Crippen LogP contribution in [-0.4, -0.2) is 32.3 Å². The van der Waals surface area contributed by atoms with Gasteiger partial charge in [-0.2, -0.15) is 18.3 Å². The molecule has 0 atom stereocenters. The van der Waals surface area contributed by atoms with Gasteiger partial charge in [0.1, 0.15) is 11.5 Å². The predicted octanol–water partition coefficient (Wildman–Crippen LogP) is 1.90. The summed E-state index contributed by atoms with van der Waals surface area (Å²) in [5.41, 5.74) is -0.252. The van der Waals surface area contributed by atoms with E-state index < -0.39 is 17.9 Å². The van der Waals surface area contributed by atoms with Gasteiger partial charge in [-0.1, -0.05) is 0 Å². The van der Waals surface area contributed by atoms with Crippen molar-refractivity contribution in [2.75, 3.05) is 11.9 Å². The Morgan fingerprint density at radius 3 is 2.70 bits per heavy atom. The van der Waals surface area contributed by atoms with Crippen molar-refractivity contribution in [2.45, 2.75) is 19.5 Å². The van der Waals surface area contributed by atoms with E-state index in [9.17, 15) is 18.0 Å². The number of hydrogen-bond acceptors (Lipinski definition) is 4. The van der Waals surface area contributed by atoms with Crippen molar-refractivity contribution >= 4 is 11.7 Å². The Kier molecular flexibility index (Phi) is 4.82. The number of aryl methyl sites for hydroxylation is 2. The van der Waals surface area contributed by atoms with E-state index in [1.54, 1.807) is 13.2 Å². The van der Waals surface area contributed by atoms with Gasteiger partial charge in [0, 0.05) is 31.9 Å². The molecule has 0 aliphatic heterocycles. The smallest absolute Gasteiger partial charge is 0.337 e. The van der Waals surface area contributed by atoms with Crippen molar-refractivity contribution in [1.29, 1.82) is 0 Å². The van der Waals surface area contributed by atoms with E-state index in [0.29, 0.717) is 5.69 Å². The topological polar surface area (TPSA) is 84.7 Å². The Labute approximate surface area is 129 Å². The molecule has 2 amide bonds. The highest BCUT2D eigenvalue weighted by atomic mass is 19.4. The van der Waals surface area contributed by atoms with Crippen LogP contribution < -0.4 is 10.6 Å². The Hall–Kier alpha value is -2.65. The standard InChI is InChI=1S/C13H15F3N6O/c1-8-5-10(13(14,15)16)21-11(19-8)3-4-17-12(23)20-9-6-18-22(2)7-9/h5-7H,3-4H2,1-2H3,(H2,17,20,23). The first-order chi connectivity index (χ1) is 10.7. The lowest BCUT2D eigenvalue weighted by atomic mass is 10.3. The highest BCUT2D eigenvalue weighted by molar-refractivity contribution is 5.88. The number of anilines is 1. The molecule has 0 radical (unpaired) electrons. The highest BCUT2D eigenvalue weighted by Gasteiger charge is 2.33. The third kappa shape index (κ3) is 4.94. The summed E-state index contributed by atoms with van der Waals surface area (Å²) in [6.07, 6.45) is -1.35. The number of hydrogen-bond donors (Lipinski definition) is 2. The van der Waals surface area contributed by atoms with Crippen molar-refractivity contribution in [2.24, 2.45) is 7.05 Å². The van der Waals surface area contributed by atoms with Crippen LogP contribution in [0.5, 0.6) is 0 Å². The van der Waals surface area contributed by atoms with Crippen LogP contribution in [-0.2, 0) is 19.6 Å². The van der Waals surface area contributed by atoms with Gasteiger partial charge in [-0.05, 0) is 13.0 Å². The first-order valence-corrected chi connectivity index (χ1v) is 6.69. The lowest BCUT2D eigenvalue weighted by molar-refractivity contribution is -0.141. The molecule has 0 bridgehead atoms. The number of carbonyl (C=O) groups excluding carboxylic acids is 1. The summed E-state index contributed by atoms with van der Waals surface area (Å²) in [6.45, 7) is 1.57. The molecule has 0 aliphatic carbocycles. The van der Waals surface area contributed by atoms with Gasteiger partial charge in [0.15, 0.2) is 0 Å². The van der Waals surface area contributed by atoms with Crippen molar-refractivity contribution in [3.05, 3.63) is 35.7 Å². The van der Waals surface area contributed by atoms with E-state index in [4.69, 9.17) is 0 Å². The Morgan fingerprint density at radius 1 is 1.35 bits per heavy atom. The highest BCUT2D eigenvalue weighted by Crippen LogP contribution is 2.27. The molecular weight excluding hydrogens is 313 g/mol. The molecule has 0 aliphatic rings. The quantitative estimate of drug-likeness (QED) is 0.898. The lowest BCUT2D eigenvalue weighted by Crippen LogP contribution is -2.30. The monoisotopic (exact) mass is 328 g/mol. The molecule has 0 unspecified atom stereocenters. The van der Waals surface area contributed by atoms with Crippen LogP contribution in [0.1, 0.15) is 17.2 Å². The van der Waals surface area contributed by atoms with E-state index in [1.807, 2.05) is 0 Å². The van der Waals surface area contributed by atoms with Crippen LogP contribution >= 0.6 is 0 Å². The molecule has 2 heterocycles. The van der Waals surface area contributed by atoms with E-state index in [2.05, 4.69) is 25.7 Å². The molecule has 23 heavy (non-hydrogen) atoms. The molecule has 0 spiro atoms. The summed E-state index contributed by atoms with van der Waals surface area (Å²) in [4.78, 5) is 19.0. The van der Waals surface area contributed by atoms with Crippen LogP contribution in [0.2, 0.25) is 0 Å². The number of urea groups is 1. The number of halogens is 3. The molecule has 0 saturated heterocycles. The van der Waals surface area contributed by atoms with Crippen LogP contribution in [0.3, 0.4) is 0 Å². The lowest BCUT2D eigenvalue weighted by Gasteiger charge is -2.09. The average Bonchev–Trinajstić information content (AvgIpc) is 2.82. The summed E-state index contributed by atoms with van der Waals surface area (Å²) < 4.78 is 39.5. The van der Waals surface area contributed by atoms with Gasteiger partial charge < -0.3 is 10.6 Å². The maximum absolute atomic E-state index is 12.7. The van der Waals surface area contributed by atoms with E-state index in [0.717, 1.165) is 6.07 Å². The summed E-state index contributed by atoms with van der Waals surface area (Å²) in [7, 11) is 1.70. The minimum absolute atomic E-state index is 0.0269. The minimum Gasteiger partial charge on any atom is -0.337 e. The van der Waals surface area contributed by atoms with Crippen molar-refractivity contribution in [3.8, 4) is 0 Å². The van der Waals surface area contributed by atoms with Crippen LogP contribution in [0.4, 0.5) is 23.7 Å². The summed E-state index contributed by atoms with van der Waals surface area (Å²) >= 11 is 0. The number of nitrogens with zero attached hydrogens (tertiary/aromatic N) is 4. The normalized spacial score (nSPS) is 11.3. The Morgan fingerprint density at radius 2 is 2.09 bits per heavy atom. The number of aromatic nitrogens is 4. The second-order valence-electron chi connectivity index (χ2n) is 4.84. The molecule has 2 N–H and O–H groups in total. The van der Waals surface area contributed by atoms with Crippen LogP contribution in [0.25, 0.3) is 0 Å². The number of nitrogens with one attached hydrogen (secondary N) is 2. The fourth-order valence-electron chi connectivity index (χ4n) is 1.84. The zero-order valence-corrected chi connectivity index (χ0v) is 12.5. The van der Waals surface area contributed by atoms with Gasteiger partial charge in [-0.3, -0.25) is 4.68 Å². The fourth-order valence-corrected chi connectivity index (χ4v) is 1.84. The van der Waals surface area contributed by atoms with Crippen LogP contribution in [0, 0.1) is 6.92 Å². The minimum atomic E-state index is -4.52. The molecule has 2 aromatic rings. The molecule has 0 aromatic carbocycles. The maximum atomic E-state index is 12.7. The first-order valence-electron chi connectivity index (χ1n) is 6.69. The SMILES string of the molecule is Cc1cc(C(F)(F)F)nc(CCNC(=O)Nc2cnn(C)c2)n1. The average molecular weight is 328 g/mol. The largest absolute Gasteiger partial charge is 0.433 e. The molecular formula is C13H15F3N6O. The summed E-state index contributed by atoms with van der Waals surface area (Å²) in [5.74, 6) is 0.0269. The van der Waals surface area contributed by atoms with Gasteiger partial charge in [-0.25, -0.2) is 14.8 Å². The Balaban J connectivity index is 1.88. The molecule has 2 rings (SSSR count). The van der Waals surface area contributed by atoms with Crippen LogP contribution in [0.15, 0.2) is 18.5 Å². The number of carbonyl (C=O) groups is 1. The number of alkyl halides is 3. The third-order valence-corrected chi connectivity index (χ3v) is 2.79. The summed E-state index contributed by atoms with van der Waals surface area (Å²) in [5, 5.41) is 8.95. The Bertz CT molecular complexity index is 697. The number of rotatable bonds is 4. The van der Waals surface area contributed by atoms with Crippen molar-refractivity contribution in [1.82, 2.24) is 25.1 Å². The van der Waals surface area contributed by atoms with Gasteiger partial charge >= 0.3 is 12.2 Å². The first kappa shape index (κ1) is 16.7. The zero-order valence-electron chi connectivity index (χ0n) is 12.5. The third-order valence-electron chi connectivity index (χ3n) is 2.79.